The minimum absolute atomic E-state index is 0.0138. The van der Waals surface area contributed by atoms with Gasteiger partial charge in [-0.05, 0) is 56.2 Å². The zero-order valence-electron chi connectivity index (χ0n) is 15.9. The van der Waals surface area contributed by atoms with Gasteiger partial charge in [-0.3, -0.25) is 4.98 Å². The van der Waals surface area contributed by atoms with Gasteiger partial charge in [0.05, 0.1) is 15.6 Å². The summed E-state index contributed by atoms with van der Waals surface area (Å²) < 4.78 is 43.7. The monoisotopic (exact) mass is 448 g/mol. The van der Waals surface area contributed by atoms with E-state index in [1.165, 1.54) is 18.2 Å². The number of hydrogen-bond acceptors (Lipinski definition) is 2. The highest BCUT2D eigenvalue weighted by Gasteiger charge is 2.56. The van der Waals surface area contributed by atoms with E-state index < -0.39 is 11.7 Å². The van der Waals surface area contributed by atoms with Crippen molar-refractivity contribution in [3.8, 4) is 11.8 Å². The fourth-order valence-corrected chi connectivity index (χ4v) is 3.47. The number of rotatable bonds is 3. The van der Waals surface area contributed by atoms with Crippen LogP contribution in [-0.4, -0.2) is 11.2 Å². The highest BCUT2D eigenvalue weighted by atomic mass is 35.5. The fourth-order valence-electron chi connectivity index (χ4n) is 3.17. The Morgan fingerprint density at radius 2 is 1.77 bits per heavy atom. The summed E-state index contributed by atoms with van der Waals surface area (Å²) in [6, 6.07) is 12.4. The molecule has 0 saturated heterocycles. The van der Waals surface area contributed by atoms with Gasteiger partial charge < -0.3 is 5.32 Å². The molecule has 1 unspecified atom stereocenters. The molecule has 7 heteroatoms. The second-order valence-electron chi connectivity index (χ2n) is 7.41. The van der Waals surface area contributed by atoms with Gasteiger partial charge in [-0.2, -0.15) is 13.2 Å². The van der Waals surface area contributed by atoms with Crippen molar-refractivity contribution in [2.24, 2.45) is 5.92 Å². The third kappa shape index (κ3) is 4.08. The van der Waals surface area contributed by atoms with Gasteiger partial charge in [0.15, 0.2) is 0 Å². The molecule has 3 aromatic rings. The van der Waals surface area contributed by atoms with Gasteiger partial charge in [0.2, 0.25) is 5.54 Å². The van der Waals surface area contributed by atoms with Crippen LogP contribution < -0.4 is 5.32 Å². The molecule has 0 spiro atoms. The molecule has 154 valence electrons. The molecule has 1 aliphatic rings. The topological polar surface area (TPSA) is 24.9 Å². The lowest BCUT2D eigenvalue weighted by Crippen LogP contribution is -2.48. The number of nitrogens with one attached hydrogen (secondary N) is 1. The van der Waals surface area contributed by atoms with E-state index in [0.29, 0.717) is 5.52 Å². The van der Waals surface area contributed by atoms with Crippen molar-refractivity contribution in [2.45, 2.75) is 31.5 Å². The van der Waals surface area contributed by atoms with E-state index in [4.69, 9.17) is 23.2 Å². The Hall–Kier alpha value is -2.42. The average molecular weight is 449 g/mol. The van der Waals surface area contributed by atoms with E-state index in [-0.39, 0.29) is 27.2 Å². The smallest absolute Gasteiger partial charge is 0.358 e. The molecule has 30 heavy (non-hydrogen) atoms. The molecular weight excluding hydrogens is 432 g/mol. The van der Waals surface area contributed by atoms with Crippen LogP contribution in [0.25, 0.3) is 10.9 Å². The zero-order chi connectivity index (χ0) is 21.5. The number of pyridine rings is 1. The Balaban J connectivity index is 1.86. The Morgan fingerprint density at radius 1 is 1.00 bits per heavy atom. The Kier molecular flexibility index (Phi) is 5.34. The molecule has 0 amide bonds. The van der Waals surface area contributed by atoms with Crippen molar-refractivity contribution in [1.29, 1.82) is 0 Å². The molecule has 0 aliphatic heterocycles. The number of alkyl halides is 3. The number of aryl methyl sites for hydroxylation is 1. The highest BCUT2D eigenvalue weighted by molar-refractivity contribution is 6.42. The first kappa shape index (κ1) is 20.8. The van der Waals surface area contributed by atoms with E-state index in [2.05, 4.69) is 22.1 Å². The maximum absolute atomic E-state index is 14.6. The first-order chi connectivity index (χ1) is 14.2. The Bertz CT molecular complexity index is 1180. The van der Waals surface area contributed by atoms with E-state index >= 15 is 0 Å². The summed E-state index contributed by atoms with van der Waals surface area (Å²) in [5, 5.41) is 3.60. The molecule has 1 atom stereocenters. The Morgan fingerprint density at radius 3 is 2.43 bits per heavy atom. The second kappa shape index (κ2) is 7.68. The molecule has 4 rings (SSSR count). The van der Waals surface area contributed by atoms with Gasteiger partial charge >= 0.3 is 6.18 Å². The van der Waals surface area contributed by atoms with Crippen LogP contribution in [0.15, 0.2) is 48.5 Å². The van der Waals surface area contributed by atoms with E-state index in [1.807, 2.05) is 19.1 Å². The van der Waals surface area contributed by atoms with Crippen molar-refractivity contribution in [3.63, 3.8) is 0 Å². The lowest BCUT2D eigenvalue weighted by atomic mass is 9.88. The normalized spacial score (nSPS) is 15.9. The summed E-state index contributed by atoms with van der Waals surface area (Å²) >= 11 is 12.0. The van der Waals surface area contributed by atoms with E-state index in [1.54, 1.807) is 18.2 Å². The average Bonchev–Trinajstić information content (AvgIpc) is 3.51. The van der Waals surface area contributed by atoms with E-state index in [0.717, 1.165) is 23.9 Å². The molecule has 2 aromatic carbocycles. The summed E-state index contributed by atoms with van der Waals surface area (Å²) in [7, 11) is 0. The number of aromatic nitrogens is 1. The number of nitrogens with zero attached hydrogens (tertiary/aromatic N) is 1. The maximum Gasteiger partial charge on any atom is 0.427 e. The molecule has 1 aliphatic carbocycles. The van der Waals surface area contributed by atoms with Crippen LogP contribution in [0.4, 0.5) is 18.9 Å². The van der Waals surface area contributed by atoms with Crippen LogP contribution in [-0.2, 0) is 5.54 Å². The van der Waals surface area contributed by atoms with Gasteiger partial charge in [0, 0.05) is 28.2 Å². The number of halogens is 5. The van der Waals surface area contributed by atoms with Crippen molar-refractivity contribution >= 4 is 39.8 Å². The quantitative estimate of drug-likeness (QED) is 0.430. The fraction of sp³-hybridized carbons (Fsp3) is 0.261. The highest BCUT2D eigenvalue weighted by Crippen LogP contribution is 2.44. The van der Waals surface area contributed by atoms with E-state index in [9.17, 15) is 13.2 Å². The predicted octanol–water partition coefficient (Wildman–Crippen LogP) is 7.13. The van der Waals surface area contributed by atoms with Gasteiger partial charge in [-0.15, -0.1) is 0 Å². The summed E-state index contributed by atoms with van der Waals surface area (Å²) in [4.78, 5) is 4.40. The molecule has 1 fully saturated rings. The van der Waals surface area contributed by atoms with Crippen molar-refractivity contribution in [2.75, 3.05) is 5.32 Å². The van der Waals surface area contributed by atoms with Gasteiger partial charge in [0.1, 0.15) is 0 Å². The lowest BCUT2D eigenvalue weighted by Gasteiger charge is -2.33. The maximum atomic E-state index is 14.6. The van der Waals surface area contributed by atoms with Crippen LogP contribution in [0.5, 0.6) is 0 Å². The van der Waals surface area contributed by atoms with Crippen LogP contribution >= 0.6 is 23.2 Å². The SMILES string of the molecule is Cc1ccc2cc(NC(C#CC3CC3)(c3ccc(Cl)c(Cl)c3)C(F)(F)F)ccc2n1. The Labute approximate surface area is 182 Å². The molecule has 1 aromatic heterocycles. The predicted molar refractivity (Wildman–Crippen MR) is 115 cm³/mol. The van der Waals surface area contributed by atoms with Crippen molar-refractivity contribution in [3.05, 3.63) is 69.8 Å². The van der Waals surface area contributed by atoms with Gasteiger partial charge in [-0.1, -0.05) is 47.2 Å². The molecule has 0 bridgehead atoms. The van der Waals surface area contributed by atoms with Crippen LogP contribution in [0, 0.1) is 24.7 Å². The van der Waals surface area contributed by atoms with Crippen molar-refractivity contribution < 1.29 is 13.2 Å². The molecule has 1 heterocycles. The number of anilines is 1. The third-order valence-electron chi connectivity index (χ3n) is 4.98. The summed E-state index contributed by atoms with van der Waals surface area (Å²) in [6.07, 6.45) is -3.10. The first-order valence-electron chi connectivity index (χ1n) is 9.38. The summed E-state index contributed by atoms with van der Waals surface area (Å²) in [6.45, 7) is 1.86. The molecule has 1 N–H and O–H groups in total. The molecule has 0 radical (unpaired) electrons. The second-order valence-corrected chi connectivity index (χ2v) is 8.22. The van der Waals surface area contributed by atoms with Crippen LogP contribution in [0.1, 0.15) is 24.1 Å². The molecule has 1 saturated carbocycles. The van der Waals surface area contributed by atoms with Gasteiger partial charge in [0.25, 0.3) is 0 Å². The third-order valence-corrected chi connectivity index (χ3v) is 5.72. The standard InChI is InChI=1S/C23H17Cl2F3N2/c1-14-2-5-16-12-18(7-9-21(16)29-14)30-22(23(26,27)28,11-10-15-3-4-15)17-6-8-19(24)20(25)13-17/h2,5-9,12-13,15,30H,3-4H2,1H3. The molecular formula is C23H17Cl2F3N2. The zero-order valence-corrected chi connectivity index (χ0v) is 17.5. The summed E-state index contributed by atoms with van der Waals surface area (Å²) in [5.74, 6) is 5.27. The first-order valence-corrected chi connectivity index (χ1v) is 10.1. The minimum atomic E-state index is -4.72. The number of fused-ring (bicyclic) bond motifs is 1. The minimum Gasteiger partial charge on any atom is -0.358 e. The van der Waals surface area contributed by atoms with Gasteiger partial charge in [-0.25, -0.2) is 0 Å². The van der Waals surface area contributed by atoms with Crippen molar-refractivity contribution in [1.82, 2.24) is 4.98 Å². The number of hydrogen-bond donors (Lipinski definition) is 1. The molecule has 2 nitrogen and oxygen atoms in total. The van der Waals surface area contributed by atoms with Crippen LogP contribution in [0.3, 0.4) is 0 Å². The van der Waals surface area contributed by atoms with Crippen LogP contribution in [0.2, 0.25) is 10.0 Å². The number of benzene rings is 2. The summed E-state index contributed by atoms with van der Waals surface area (Å²) in [5.41, 5.74) is -0.924. The largest absolute Gasteiger partial charge is 0.427 e. The lowest BCUT2D eigenvalue weighted by molar-refractivity contribution is -0.165.